The van der Waals surface area contributed by atoms with Crippen LogP contribution in [0.15, 0.2) is 97.3 Å². The van der Waals surface area contributed by atoms with Crippen molar-refractivity contribution in [1.29, 1.82) is 0 Å². The smallest absolute Gasteiger partial charge is 0.0239 e. The summed E-state index contributed by atoms with van der Waals surface area (Å²) in [6, 6.07) is 35.0. The van der Waals surface area contributed by atoms with E-state index in [2.05, 4.69) is 73.2 Å². The van der Waals surface area contributed by atoms with E-state index in [1.165, 1.54) is 27.8 Å². The van der Waals surface area contributed by atoms with Crippen molar-refractivity contribution in [1.82, 2.24) is 9.97 Å². The fraction of sp³-hybridized carbons (Fsp3) is 0.125. The molecular weight excluding hydrogens is 605 g/mol. The number of pyridine rings is 2. The molecule has 0 N–H and O–H groups in total. The summed E-state index contributed by atoms with van der Waals surface area (Å²) >= 11 is 0. The zero-order valence-electron chi connectivity index (χ0n) is 20.5. The van der Waals surface area contributed by atoms with Crippen molar-refractivity contribution in [3.63, 3.8) is 0 Å². The van der Waals surface area contributed by atoms with Crippen molar-refractivity contribution in [3.05, 3.63) is 132 Å². The second-order valence-electron chi connectivity index (χ2n) is 8.39. The van der Waals surface area contributed by atoms with Crippen molar-refractivity contribution in [2.24, 2.45) is 0 Å². The van der Waals surface area contributed by atoms with E-state index in [9.17, 15) is 0 Å². The summed E-state index contributed by atoms with van der Waals surface area (Å²) in [6.07, 6.45) is 3.81. The van der Waals surface area contributed by atoms with E-state index < -0.39 is 0 Å². The molecule has 0 saturated carbocycles. The number of aryl methyl sites for hydroxylation is 2. The van der Waals surface area contributed by atoms with Crippen LogP contribution in [-0.2, 0) is 20.1 Å². The molecule has 0 atom stereocenters. The van der Waals surface area contributed by atoms with Crippen molar-refractivity contribution in [2.75, 3.05) is 0 Å². The third-order valence-electron chi connectivity index (χ3n) is 5.99. The Morgan fingerprint density at radius 1 is 0.600 bits per heavy atom. The Kier molecular flexibility index (Phi) is 9.25. The number of benzene rings is 3. The number of aromatic nitrogens is 2. The van der Waals surface area contributed by atoms with Gasteiger partial charge in [0.15, 0.2) is 0 Å². The quantitative estimate of drug-likeness (QED) is 0.189. The van der Waals surface area contributed by atoms with Crippen LogP contribution in [0.3, 0.4) is 0 Å². The molecule has 5 aromatic rings. The maximum atomic E-state index is 4.49. The van der Waals surface area contributed by atoms with Crippen LogP contribution in [0.2, 0.25) is 0 Å². The molecule has 2 heterocycles. The van der Waals surface area contributed by atoms with Crippen LogP contribution in [0.25, 0.3) is 33.6 Å². The van der Waals surface area contributed by atoms with Crippen LogP contribution < -0.4 is 0 Å². The number of hydrogen-bond acceptors (Lipinski definition) is 2. The van der Waals surface area contributed by atoms with Gasteiger partial charge in [0.05, 0.1) is 0 Å². The number of nitrogens with zero attached hydrogens (tertiary/aromatic N) is 2. The Hall–Kier alpha value is -3.39. The van der Waals surface area contributed by atoms with Gasteiger partial charge in [0, 0.05) is 32.5 Å². The number of rotatable bonds is 3. The first-order valence-electron chi connectivity index (χ1n) is 11.4. The molecule has 3 heteroatoms. The summed E-state index contributed by atoms with van der Waals surface area (Å²) < 4.78 is 0. The van der Waals surface area contributed by atoms with Gasteiger partial charge in [-0.1, -0.05) is 75.4 Å². The minimum absolute atomic E-state index is 0. The summed E-state index contributed by atoms with van der Waals surface area (Å²) in [6.45, 7) is 8.45. The molecule has 0 amide bonds. The molecule has 3 aromatic carbocycles. The van der Waals surface area contributed by atoms with Crippen LogP contribution in [0, 0.1) is 39.8 Å². The van der Waals surface area contributed by atoms with E-state index in [1.807, 2.05) is 73.9 Å². The monoisotopic (exact) mass is 633 g/mol. The summed E-state index contributed by atoms with van der Waals surface area (Å²) in [5, 5.41) is 0. The molecule has 0 bridgehead atoms. The molecule has 0 fully saturated rings. The molecule has 0 unspecified atom stereocenters. The standard InChI is InChI=1S/C17H12N.C15H16N.Ir/c1-3-7-14(8-4-1)16-11-12-17(18-13-16)15-9-5-2-6-10-15;1-10-5-8-15(16-9-10)14-7-6-11(2)12(3)13(14)4;/h1-9,11-13H;5-6,8-9H,1-4H3;/q2*-1;. The van der Waals surface area contributed by atoms with Gasteiger partial charge in [-0.15, -0.1) is 70.3 Å². The van der Waals surface area contributed by atoms with E-state index in [0.29, 0.717) is 0 Å². The van der Waals surface area contributed by atoms with Gasteiger partial charge in [-0.3, -0.25) is 0 Å². The van der Waals surface area contributed by atoms with Gasteiger partial charge in [0.1, 0.15) is 0 Å². The van der Waals surface area contributed by atoms with E-state index >= 15 is 0 Å². The van der Waals surface area contributed by atoms with Crippen molar-refractivity contribution < 1.29 is 20.1 Å². The van der Waals surface area contributed by atoms with Crippen LogP contribution in [-0.4, -0.2) is 9.97 Å². The van der Waals surface area contributed by atoms with E-state index in [4.69, 9.17) is 0 Å². The maximum Gasteiger partial charge on any atom is 0.0239 e. The van der Waals surface area contributed by atoms with Crippen molar-refractivity contribution >= 4 is 0 Å². The zero-order chi connectivity index (χ0) is 23.9. The minimum Gasteiger partial charge on any atom is -0.304 e. The second-order valence-corrected chi connectivity index (χ2v) is 8.39. The third-order valence-corrected chi connectivity index (χ3v) is 5.99. The Bertz CT molecular complexity index is 1290. The molecule has 35 heavy (non-hydrogen) atoms. The molecule has 2 nitrogen and oxygen atoms in total. The third kappa shape index (κ3) is 6.60. The molecule has 0 aliphatic heterocycles. The van der Waals surface area contributed by atoms with Crippen LogP contribution >= 0.6 is 0 Å². The summed E-state index contributed by atoms with van der Waals surface area (Å²) in [5.74, 6) is 0. The zero-order valence-corrected chi connectivity index (χ0v) is 22.9. The molecule has 0 aliphatic rings. The summed E-state index contributed by atoms with van der Waals surface area (Å²) in [4.78, 5) is 8.94. The minimum atomic E-state index is 0. The Morgan fingerprint density at radius 3 is 1.94 bits per heavy atom. The topological polar surface area (TPSA) is 25.8 Å². The first-order valence-corrected chi connectivity index (χ1v) is 11.4. The molecule has 1 radical (unpaired) electrons. The second kappa shape index (κ2) is 12.4. The van der Waals surface area contributed by atoms with E-state index in [0.717, 1.165) is 28.1 Å². The molecule has 0 aliphatic carbocycles. The maximum absolute atomic E-state index is 4.49. The first kappa shape index (κ1) is 26.2. The van der Waals surface area contributed by atoms with Crippen LogP contribution in [0.5, 0.6) is 0 Å². The fourth-order valence-electron chi connectivity index (χ4n) is 3.67. The fourth-order valence-corrected chi connectivity index (χ4v) is 3.67. The first-order chi connectivity index (χ1) is 16.5. The summed E-state index contributed by atoms with van der Waals surface area (Å²) in [7, 11) is 0. The normalized spacial score (nSPS) is 10.1. The van der Waals surface area contributed by atoms with Gasteiger partial charge < -0.3 is 9.97 Å². The molecular formula is C32H28IrN2-2. The van der Waals surface area contributed by atoms with E-state index in [1.54, 1.807) is 0 Å². The average Bonchev–Trinajstić information content (AvgIpc) is 2.90. The van der Waals surface area contributed by atoms with Gasteiger partial charge in [0.2, 0.25) is 0 Å². The van der Waals surface area contributed by atoms with Crippen molar-refractivity contribution in [3.8, 4) is 33.6 Å². The van der Waals surface area contributed by atoms with Gasteiger partial charge in [0.25, 0.3) is 0 Å². The SMILES string of the molecule is Cc1ccc(-c2[c-]cc(C)c(C)c2C)nc1.[Ir].[c-]1ccccc1-c1ccc(-c2ccccc2)cn1. The Balaban J connectivity index is 0.000000192. The molecule has 5 rings (SSSR count). The Morgan fingerprint density at radius 2 is 1.31 bits per heavy atom. The predicted octanol–water partition coefficient (Wildman–Crippen LogP) is 8.00. The predicted molar refractivity (Wildman–Crippen MR) is 141 cm³/mol. The van der Waals surface area contributed by atoms with Gasteiger partial charge in [-0.05, 0) is 35.0 Å². The van der Waals surface area contributed by atoms with Gasteiger partial charge >= 0.3 is 0 Å². The average molecular weight is 633 g/mol. The van der Waals surface area contributed by atoms with Gasteiger partial charge in [-0.25, -0.2) is 0 Å². The van der Waals surface area contributed by atoms with Crippen molar-refractivity contribution in [2.45, 2.75) is 27.7 Å². The van der Waals surface area contributed by atoms with Crippen LogP contribution in [0.4, 0.5) is 0 Å². The molecule has 0 saturated heterocycles. The van der Waals surface area contributed by atoms with Gasteiger partial charge in [-0.2, -0.15) is 0 Å². The molecule has 0 spiro atoms. The Labute approximate surface area is 222 Å². The molecule has 2 aromatic heterocycles. The van der Waals surface area contributed by atoms with Crippen LogP contribution in [0.1, 0.15) is 22.3 Å². The number of hydrogen-bond donors (Lipinski definition) is 0. The van der Waals surface area contributed by atoms with E-state index in [-0.39, 0.29) is 20.1 Å². The summed E-state index contributed by atoms with van der Waals surface area (Å²) in [5.41, 5.74) is 11.5. The largest absolute Gasteiger partial charge is 0.304 e. The molecule has 177 valence electrons.